The molecular formula is C23H46NO4+. The summed E-state index contributed by atoms with van der Waals surface area (Å²) < 4.78 is 71.8. The van der Waals surface area contributed by atoms with E-state index in [1.165, 1.54) is 51.4 Å². The third kappa shape index (κ3) is 19.7. The molecule has 1 N–H and O–H groups in total. The predicted octanol–water partition coefficient (Wildman–Crippen LogP) is 5.56. The Labute approximate surface area is 186 Å². The van der Waals surface area contributed by atoms with Crippen LogP contribution in [0.3, 0.4) is 0 Å². The van der Waals surface area contributed by atoms with Gasteiger partial charge in [0, 0.05) is 6.42 Å². The highest BCUT2D eigenvalue weighted by atomic mass is 16.5. The molecule has 0 aliphatic carbocycles. The summed E-state index contributed by atoms with van der Waals surface area (Å²) >= 11 is 0. The first-order valence-electron chi connectivity index (χ1n) is 15.3. The van der Waals surface area contributed by atoms with Crippen LogP contribution >= 0.6 is 0 Å². The molecule has 0 aromatic rings. The minimum Gasteiger partial charge on any atom is -0.481 e. The Kier molecular flexibility index (Phi) is 8.90. The number of quaternary nitrogens is 1. The lowest BCUT2D eigenvalue weighted by Gasteiger charge is -2.28. The smallest absolute Gasteiger partial charge is 0.307 e. The van der Waals surface area contributed by atoms with Crippen LogP contribution < -0.4 is 0 Å². The van der Waals surface area contributed by atoms with Crippen LogP contribution in [-0.2, 0) is 14.3 Å². The fraction of sp³-hybridized carbons (Fsp3) is 0.913. The van der Waals surface area contributed by atoms with Crippen LogP contribution in [0.2, 0.25) is 0 Å². The van der Waals surface area contributed by atoms with Gasteiger partial charge >= 0.3 is 11.9 Å². The van der Waals surface area contributed by atoms with Crippen molar-refractivity contribution in [1.29, 1.82) is 0 Å². The Morgan fingerprint density at radius 3 is 1.75 bits per heavy atom. The normalized spacial score (nSPS) is 18.8. The molecule has 0 saturated carbocycles. The zero-order valence-electron chi connectivity index (χ0n) is 26.5. The second kappa shape index (κ2) is 16.8. The Hall–Kier alpha value is -1.10. The third-order valence-corrected chi connectivity index (χ3v) is 4.66. The van der Waals surface area contributed by atoms with E-state index in [1.807, 2.05) is 0 Å². The topological polar surface area (TPSA) is 63.6 Å². The number of rotatable bonds is 19. The number of likely N-dealkylation sites (N-methyl/N-ethyl adjacent to an activating group) is 1. The number of aliphatic carboxylic acids is 1. The molecule has 5 heteroatoms. The van der Waals surface area contributed by atoms with Gasteiger partial charge in [-0.3, -0.25) is 9.59 Å². The van der Waals surface area contributed by atoms with Crippen molar-refractivity contribution in [3.05, 3.63) is 0 Å². The highest BCUT2D eigenvalue weighted by molar-refractivity contribution is 5.71. The van der Waals surface area contributed by atoms with Gasteiger partial charge in [-0.15, -0.1) is 0 Å². The lowest BCUT2D eigenvalue weighted by atomic mass is 10.0. The summed E-state index contributed by atoms with van der Waals surface area (Å²) in [5, 5.41) is 9.18. The van der Waals surface area contributed by atoms with Crippen LogP contribution in [0.15, 0.2) is 0 Å². The van der Waals surface area contributed by atoms with Gasteiger partial charge in [0.05, 0.1) is 39.7 Å². The summed E-state index contributed by atoms with van der Waals surface area (Å²) in [6.45, 7) is -9.64. The Balaban J connectivity index is 4.71. The lowest BCUT2D eigenvalue weighted by molar-refractivity contribution is -0.873. The number of carboxylic acids is 1. The molecule has 166 valence electrons. The molecule has 28 heavy (non-hydrogen) atoms. The molecule has 0 aromatic heterocycles. The standard InChI is InChI=1S/C23H45NO4/c1-5-6-7-8-9-10-11-12-13-14-15-16-17-18-23(27)28-21(19-22(25)26)20-24(2,3)4/h21H,5-20H2,1-4H3/p+1/t21-/m1/s1/i2D3,3D3,4D3. The molecule has 0 aliphatic heterocycles. The van der Waals surface area contributed by atoms with Crippen LogP contribution in [0.5, 0.6) is 0 Å². The highest BCUT2D eigenvalue weighted by Crippen LogP contribution is 2.14. The number of hydrogen-bond donors (Lipinski definition) is 1. The fourth-order valence-electron chi connectivity index (χ4n) is 3.18. The van der Waals surface area contributed by atoms with Gasteiger partial charge in [0.2, 0.25) is 0 Å². The monoisotopic (exact) mass is 409 g/mol. The van der Waals surface area contributed by atoms with E-state index in [1.54, 1.807) is 0 Å². The molecule has 0 aromatic carbocycles. The molecule has 1 atom stereocenters. The zero-order valence-corrected chi connectivity index (χ0v) is 17.5. The van der Waals surface area contributed by atoms with E-state index in [0.29, 0.717) is 6.42 Å². The quantitative estimate of drug-likeness (QED) is 0.172. The molecule has 5 nitrogen and oxygen atoms in total. The molecule has 0 fully saturated rings. The summed E-state index contributed by atoms with van der Waals surface area (Å²) in [5.74, 6) is -2.28. The van der Waals surface area contributed by atoms with Crippen LogP contribution in [0, 0.1) is 0 Å². The third-order valence-electron chi connectivity index (χ3n) is 4.66. The Bertz CT molecular complexity index is 628. The van der Waals surface area contributed by atoms with Crippen molar-refractivity contribution >= 4 is 11.9 Å². The number of carbonyl (C=O) groups is 2. The Morgan fingerprint density at radius 1 is 0.857 bits per heavy atom. The second-order valence-corrected chi connectivity index (χ2v) is 7.69. The maximum Gasteiger partial charge on any atom is 0.307 e. The molecule has 0 saturated heterocycles. The number of hydrogen-bond acceptors (Lipinski definition) is 3. The summed E-state index contributed by atoms with van der Waals surface area (Å²) in [5.41, 5.74) is 0. The predicted molar refractivity (Wildman–Crippen MR) is 115 cm³/mol. The van der Waals surface area contributed by atoms with Crippen molar-refractivity contribution < 1.29 is 36.3 Å². The molecule has 0 radical (unpaired) electrons. The molecule has 0 amide bonds. The van der Waals surface area contributed by atoms with Gasteiger partial charge in [-0.05, 0) is 6.42 Å². The first-order chi connectivity index (χ1) is 17.0. The summed E-state index contributed by atoms with van der Waals surface area (Å²) in [7, 11) is 0. The van der Waals surface area contributed by atoms with Gasteiger partial charge < -0.3 is 14.3 Å². The minimum absolute atomic E-state index is 0.0524. The molecule has 0 spiro atoms. The maximum absolute atomic E-state index is 12.3. The average Bonchev–Trinajstić information content (AvgIpc) is 2.72. The van der Waals surface area contributed by atoms with E-state index < -0.39 is 56.4 Å². The highest BCUT2D eigenvalue weighted by Gasteiger charge is 2.24. The summed E-state index contributed by atoms with van der Waals surface area (Å²) in [4.78, 5) is 23.6. The van der Waals surface area contributed by atoms with E-state index >= 15 is 0 Å². The molecular weight excluding hydrogens is 354 g/mol. The van der Waals surface area contributed by atoms with Gasteiger partial charge in [-0.1, -0.05) is 84.0 Å². The largest absolute Gasteiger partial charge is 0.481 e. The number of unbranched alkanes of at least 4 members (excludes halogenated alkanes) is 12. The van der Waals surface area contributed by atoms with Crippen LogP contribution in [0.25, 0.3) is 0 Å². The van der Waals surface area contributed by atoms with E-state index in [0.717, 1.165) is 25.7 Å². The summed E-state index contributed by atoms with van der Waals surface area (Å²) in [6.07, 6.45) is 11.8. The number of carbonyl (C=O) groups excluding carboxylic acids is 1. The van der Waals surface area contributed by atoms with Gasteiger partial charge in [0.1, 0.15) is 6.54 Å². The number of esters is 1. The van der Waals surface area contributed by atoms with Crippen molar-refractivity contribution in [3.63, 3.8) is 0 Å². The first-order valence-corrected chi connectivity index (χ1v) is 10.8. The van der Waals surface area contributed by atoms with Crippen LogP contribution in [0.4, 0.5) is 0 Å². The van der Waals surface area contributed by atoms with Crippen molar-refractivity contribution in [3.8, 4) is 0 Å². The van der Waals surface area contributed by atoms with Gasteiger partial charge in [-0.2, -0.15) is 0 Å². The van der Waals surface area contributed by atoms with Crippen LogP contribution in [0.1, 0.15) is 116 Å². The molecule has 0 aliphatic rings. The van der Waals surface area contributed by atoms with Gasteiger partial charge in [0.15, 0.2) is 6.10 Å². The minimum atomic E-state index is -3.55. The van der Waals surface area contributed by atoms with Crippen molar-refractivity contribution in [1.82, 2.24) is 0 Å². The van der Waals surface area contributed by atoms with E-state index in [9.17, 15) is 14.7 Å². The number of nitrogens with zero attached hydrogens (tertiary/aromatic N) is 1. The lowest BCUT2D eigenvalue weighted by Crippen LogP contribution is -2.43. The summed E-state index contributed by atoms with van der Waals surface area (Å²) in [6, 6.07) is 0. The van der Waals surface area contributed by atoms with E-state index in [4.69, 9.17) is 17.1 Å². The molecule has 0 heterocycles. The average molecular weight is 410 g/mol. The first kappa shape index (κ1) is 14.8. The zero-order chi connectivity index (χ0) is 28.8. The fourth-order valence-corrected chi connectivity index (χ4v) is 3.18. The number of ether oxygens (including phenoxy) is 1. The van der Waals surface area contributed by atoms with Crippen LogP contribution in [-0.4, -0.2) is 55.1 Å². The Morgan fingerprint density at radius 2 is 1.32 bits per heavy atom. The second-order valence-electron chi connectivity index (χ2n) is 7.69. The van der Waals surface area contributed by atoms with Crippen molar-refractivity contribution in [2.75, 3.05) is 27.5 Å². The number of carboxylic acid groups (broad SMARTS) is 1. The van der Waals surface area contributed by atoms with E-state index in [2.05, 4.69) is 6.92 Å². The molecule has 0 rings (SSSR count). The SMILES string of the molecule is [2H]C([2H])([2H])[N+](C[C@@H](CC(=O)O)OC(=O)CCCCCCCCCCCCCCC)(C([2H])([2H])[2H])C([2H])([2H])[2H]. The van der Waals surface area contributed by atoms with Gasteiger partial charge in [-0.25, -0.2) is 0 Å². The molecule has 0 bridgehead atoms. The van der Waals surface area contributed by atoms with Crippen molar-refractivity contribution in [2.24, 2.45) is 0 Å². The van der Waals surface area contributed by atoms with E-state index in [-0.39, 0.29) is 6.42 Å². The molecule has 0 unspecified atom stereocenters. The van der Waals surface area contributed by atoms with Gasteiger partial charge in [0.25, 0.3) is 0 Å². The maximum atomic E-state index is 12.3. The van der Waals surface area contributed by atoms with Crippen molar-refractivity contribution in [2.45, 2.75) is 109 Å².